The van der Waals surface area contributed by atoms with Crippen LogP contribution in [0.3, 0.4) is 0 Å². The van der Waals surface area contributed by atoms with Crippen molar-refractivity contribution < 1.29 is 31.5 Å². The second-order valence-electron chi connectivity index (χ2n) is 3.24. The second-order valence-corrected chi connectivity index (χ2v) is 3.24. The predicted molar refractivity (Wildman–Crippen MR) is 49.0 cm³/mol. The van der Waals surface area contributed by atoms with Gasteiger partial charge in [-0.05, 0) is 18.2 Å². The molecule has 0 bridgehead atoms. The molecule has 0 radical (unpaired) electrons. The predicted octanol–water partition coefficient (Wildman–Crippen LogP) is 2.82. The third-order valence-electron chi connectivity index (χ3n) is 2.04. The molecule has 0 saturated carbocycles. The molecule has 3 nitrogen and oxygen atoms in total. The van der Waals surface area contributed by atoms with E-state index in [4.69, 9.17) is 10.9 Å². The summed E-state index contributed by atoms with van der Waals surface area (Å²) in [6.45, 7) is 0. The highest BCUT2D eigenvalue weighted by atomic mass is 19.4. The van der Waals surface area contributed by atoms with Crippen LogP contribution in [0, 0.1) is 0 Å². The molecule has 0 heterocycles. The zero-order valence-electron chi connectivity index (χ0n) is 8.47. The standard InChI is InChI=1S/C9H6F6N2O/c10-8(11,12)4-1-2-5(7(16)17-18)6(3-4)9(13,14)15/h1-3,18H,(H2,16,17). The maximum absolute atomic E-state index is 12.6. The van der Waals surface area contributed by atoms with Crippen LogP contribution in [-0.2, 0) is 12.4 Å². The first kappa shape index (κ1) is 14.1. The first-order valence-electron chi connectivity index (χ1n) is 4.33. The van der Waals surface area contributed by atoms with E-state index in [1.165, 1.54) is 0 Å². The zero-order valence-corrected chi connectivity index (χ0v) is 8.47. The van der Waals surface area contributed by atoms with E-state index in [0.29, 0.717) is 12.1 Å². The van der Waals surface area contributed by atoms with Crippen LogP contribution in [0.15, 0.2) is 23.4 Å². The molecule has 0 spiro atoms. The Morgan fingerprint density at radius 3 is 2.00 bits per heavy atom. The first-order valence-corrected chi connectivity index (χ1v) is 4.33. The number of benzene rings is 1. The Morgan fingerprint density at radius 1 is 1.06 bits per heavy atom. The molecule has 1 aromatic carbocycles. The van der Waals surface area contributed by atoms with Gasteiger partial charge >= 0.3 is 12.4 Å². The van der Waals surface area contributed by atoms with Gasteiger partial charge in [-0.3, -0.25) is 0 Å². The molecular formula is C9H6F6N2O. The number of nitrogens with zero attached hydrogens (tertiary/aromatic N) is 1. The van der Waals surface area contributed by atoms with Crippen LogP contribution in [0.5, 0.6) is 0 Å². The van der Waals surface area contributed by atoms with E-state index in [0.717, 1.165) is 0 Å². The van der Waals surface area contributed by atoms with E-state index >= 15 is 0 Å². The minimum absolute atomic E-state index is 0.0899. The van der Waals surface area contributed by atoms with Gasteiger partial charge in [-0.2, -0.15) is 26.3 Å². The Bertz CT molecular complexity index is 477. The summed E-state index contributed by atoms with van der Waals surface area (Å²) in [7, 11) is 0. The molecule has 0 unspecified atom stereocenters. The lowest BCUT2D eigenvalue weighted by atomic mass is 10.0. The van der Waals surface area contributed by atoms with Crippen LogP contribution < -0.4 is 5.73 Å². The van der Waals surface area contributed by atoms with E-state index in [1.54, 1.807) is 0 Å². The molecule has 0 aliphatic heterocycles. The zero-order chi connectivity index (χ0) is 14.1. The maximum Gasteiger partial charge on any atom is 0.417 e. The van der Waals surface area contributed by atoms with Gasteiger partial charge in [0, 0.05) is 5.56 Å². The van der Waals surface area contributed by atoms with Crippen molar-refractivity contribution in [1.82, 2.24) is 0 Å². The summed E-state index contributed by atoms with van der Waals surface area (Å²) in [6.07, 6.45) is -9.96. The fourth-order valence-electron chi connectivity index (χ4n) is 1.23. The van der Waals surface area contributed by atoms with Crippen LogP contribution >= 0.6 is 0 Å². The van der Waals surface area contributed by atoms with Gasteiger partial charge < -0.3 is 10.9 Å². The third-order valence-corrected chi connectivity index (χ3v) is 2.04. The van der Waals surface area contributed by atoms with E-state index in [-0.39, 0.29) is 6.07 Å². The summed E-state index contributed by atoms with van der Waals surface area (Å²) in [4.78, 5) is 0. The van der Waals surface area contributed by atoms with Gasteiger partial charge in [-0.1, -0.05) is 5.16 Å². The quantitative estimate of drug-likeness (QED) is 0.271. The number of alkyl halides is 6. The largest absolute Gasteiger partial charge is 0.417 e. The van der Waals surface area contributed by atoms with Crippen molar-refractivity contribution in [3.63, 3.8) is 0 Å². The van der Waals surface area contributed by atoms with Crippen molar-refractivity contribution in [3.05, 3.63) is 34.9 Å². The summed E-state index contributed by atoms with van der Waals surface area (Å²) in [6, 6.07) is 0.830. The number of hydrogen-bond acceptors (Lipinski definition) is 2. The van der Waals surface area contributed by atoms with E-state index in [1.807, 2.05) is 0 Å². The van der Waals surface area contributed by atoms with E-state index in [9.17, 15) is 26.3 Å². The molecule has 9 heteroatoms. The molecule has 0 aromatic heterocycles. The van der Waals surface area contributed by atoms with Gasteiger partial charge in [0.1, 0.15) is 0 Å². The summed E-state index contributed by atoms with van der Waals surface area (Å²) < 4.78 is 74.5. The van der Waals surface area contributed by atoms with Crippen LogP contribution in [0.4, 0.5) is 26.3 Å². The fourth-order valence-corrected chi connectivity index (χ4v) is 1.23. The summed E-state index contributed by atoms with van der Waals surface area (Å²) >= 11 is 0. The van der Waals surface area contributed by atoms with Gasteiger partial charge in [-0.15, -0.1) is 0 Å². The molecule has 1 aromatic rings. The van der Waals surface area contributed by atoms with Gasteiger partial charge in [-0.25, -0.2) is 0 Å². The molecular weight excluding hydrogens is 266 g/mol. The van der Waals surface area contributed by atoms with Gasteiger partial charge in [0.2, 0.25) is 0 Å². The third kappa shape index (κ3) is 2.84. The molecule has 0 fully saturated rings. The maximum atomic E-state index is 12.6. The SMILES string of the molecule is N/C(=N/O)c1ccc(C(F)(F)F)cc1C(F)(F)F. The molecule has 0 aliphatic rings. The summed E-state index contributed by atoms with van der Waals surface area (Å²) in [5, 5.41) is 10.6. The number of amidine groups is 1. The monoisotopic (exact) mass is 272 g/mol. The summed E-state index contributed by atoms with van der Waals surface area (Å²) in [5.74, 6) is -0.920. The minimum atomic E-state index is -5.05. The van der Waals surface area contributed by atoms with Crippen molar-refractivity contribution in [1.29, 1.82) is 0 Å². The Hall–Kier alpha value is -1.93. The van der Waals surface area contributed by atoms with Crippen molar-refractivity contribution in [3.8, 4) is 0 Å². The minimum Gasteiger partial charge on any atom is -0.409 e. The molecule has 100 valence electrons. The lowest BCUT2D eigenvalue weighted by Crippen LogP contribution is -2.21. The van der Waals surface area contributed by atoms with E-state index in [2.05, 4.69) is 5.16 Å². The lowest BCUT2D eigenvalue weighted by Gasteiger charge is -2.14. The molecule has 18 heavy (non-hydrogen) atoms. The van der Waals surface area contributed by atoms with Crippen LogP contribution in [0.25, 0.3) is 0 Å². The Morgan fingerprint density at radius 2 is 1.61 bits per heavy atom. The van der Waals surface area contributed by atoms with Gasteiger partial charge in [0.25, 0.3) is 0 Å². The number of nitrogens with two attached hydrogens (primary N) is 1. The molecule has 1 rings (SSSR count). The van der Waals surface area contributed by atoms with Gasteiger partial charge in [0.05, 0.1) is 11.1 Å². The number of halogens is 6. The smallest absolute Gasteiger partial charge is 0.409 e. The van der Waals surface area contributed by atoms with Crippen LogP contribution in [-0.4, -0.2) is 11.0 Å². The van der Waals surface area contributed by atoms with Crippen LogP contribution in [0.1, 0.15) is 16.7 Å². The van der Waals surface area contributed by atoms with Crippen molar-refractivity contribution >= 4 is 5.84 Å². The van der Waals surface area contributed by atoms with Crippen LogP contribution in [0.2, 0.25) is 0 Å². The molecule has 3 N–H and O–H groups in total. The highest BCUT2D eigenvalue weighted by molar-refractivity contribution is 5.98. The number of hydrogen-bond donors (Lipinski definition) is 2. The molecule has 0 atom stereocenters. The average molecular weight is 272 g/mol. The van der Waals surface area contributed by atoms with Crippen molar-refractivity contribution in [2.75, 3.05) is 0 Å². The molecule has 0 amide bonds. The lowest BCUT2D eigenvalue weighted by molar-refractivity contribution is -0.143. The second kappa shape index (κ2) is 4.39. The molecule has 0 saturated heterocycles. The Kier molecular flexibility index (Phi) is 3.45. The first-order chi connectivity index (χ1) is 8.07. The number of rotatable bonds is 1. The summed E-state index contributed by atoms with van der Waals surface area (Å²) in [5.41, 5.74) is 1.06. The highest BCUT2D eigenvalue weighted by Crippen LogP contribution is 2.37. The number of oxime groups is 1. The van der Waals surface area contributed by atoms with Gasteiger partial charge in [0.15, 0.2) is 5.84 Å². The Balaban J connectivity index is 3.50. The van der Waals surface area contributed by atoms with E-state index < -0.39 is 34.9 Å². The topological polar surface area (TPSA) is 58.6 Å². The normalized spacial score (nSPS) is 13.8. The highest BCUT2D eigenvalue weighted by Gasteiger charge is 2.38. The molecule has 0 aliphatic carbocycles. The van der Waals surface area contributed by atoms with Crippen molar-refractivity contribution in [2.45, 2.75) is 12.4 Å². The fraction of sp³-hybridized carbons (Fsp3) is 0.222. The van der Waals surface area contributed by atoms with Crippen molar-refractivity contribution in [2.24, 2.45) is 10.9 Å². The Labute approximate surface area is 96.5 Å². The average Bonchev–Trinajstić information content (AvgIpc) is 2.24.